The van der Waals surface area contributed by atoms with Gasteiger partial charge in [0.25, 0.3) is 10.2 Å². The first-order valence-electron chi connectivity index (χ1n) is 4.96. The second-order valence-electron chi connectivity index (χ2n) is 3.80. The Morgan fingerprint density at radius 3 is 2.57 bits per heavy atom. The van der Waals surface area contributed by atoms with Gasteiger partial charge in [0.1, 0.15) is 0 Å². The molecule has 84 valence electrons. The lowest BCUT2D eigenvalue weighted by atomic mass is 10.3. The van der Waals surface area contributed by atoms with E-state index in [4.69, 9.17) is 5.73 Å². The van der Waals surface area contributed by atoms with Gasteiger partial charge < -0.3 is 5.73 Å². The second kappa shape index (κ2) is 4.57. The number of nitrogens with one attached hydrogen (secondary N) is 1. The van der Waals surface area contributed by atoms with Crippen LogP contribution in [-0.4, -0.2) is 38.4 Å². The third-order valence-electron chi connectivity index (χ3n) is 2.38. The predicted molar refractivity (Wildman–Crippen MR) is 56.0 cm³/mol. The number of nitrogens with two attached hydrogens (primary N) is 1. The third kappa shape index (κ3) is 3.20. The minimum atomic E-state index is -3.30. The molecule has 0 aliphatic heterocycles. The van der Waals surface area contributed by atoms with Crippen molar-refractivity contribution in [1.82, 2.24) is 9.03 Å². The van der Waals surface area contributed by atoms with E-state index >= 15 is 0 Å². The van der Waals surface area contributed by atoms with E-state index in [9.17, 15) is 8.42 Å². The summed E-state index contributed by atoms with van der Waals surface area (Å²) in [6.45, 7) is 2.60. The van der Waals surface area contributed by atoms with Crippen LogP contribution in [0.4, 0.5) is 0 Å². The van der Waals surface area contributed by atoms with Crippen LogP contribution in [0.15, 0.2) is 0 Å². The van der Waals surface area contributed by atoms with Gasteiger partial charge in [0.05, 0.1) is 0 Å². The molecule has 6 heteroatoms. The average molecular weight is 221 g/mol. The molecule has 0 saturated heterocycles. The molecule has 2 unspecified atom stereocenters. The Bertz CT molecular complexity index is 278. The molecule has 5 nitrogen and oxygen atoms in total. The van der Waals surface area contributed by atoms with Gasteiger partial charge in [-0.2, -0.15) is 17.4 Å². The van der Waals surface area contributed by atoms with E-state index in [-0.39, 0.29) is 12.1 Å². The van der Waals surface area contributed by atoms with Gasteiger partial charge in [0, 0.05) is 25.7 Å². The molecule has 1 saturated carbocycles. The van der Waals surface area contributed by atoms with E-state index in [1.54, 1.807) is 7.05 Å². The molecule has 0 aromatic rings. The molecule has 2 atom stereocenters. The van der Waals surface area contributed by atoms with Crippen LogP contribution < -0.4 is 10.5 Å². The molecule has 1 rings (SSSR count). The molecule has 0 bridgehead atoms. The molecule has 0 spiro atoms. The van der Waals surface area contributed by atoms with Gasteiger partial charge >= 0.3 is 0 Å². The van der Waals surface area contributed by atoms with Crippen LogP contribution in [0.2, 0.25) is 0 Å². The highest BCUT2D eigenvalue weighted by Gasteiger charge is 2.37. The summed E-state index contributed by atoms with van der Waals surface area (Å²) in [5.41, 5.74) is 5.53. The summed E-state index contributed by atoms with van der Waals surface area (Å²) in [7, 11) is -1.71. The average Bonchev–Trinajstić information content (AvgIpc) is 2.76. The van der Waals surface area contributed by atoms with Crippen LogP contribution in [0.25, 0.3) is 0 Å². The Labute approximate surface area is 85.8 Å². The second-order valence-corrected chi connectivity index (χ2v) is 5.61. The molecule has 3 N–H and O–H groups in total. The Morgan fingerprint density at radius 2 is 2.14 bits per heavy atom. The van der Waals surface area contributed by atoms with Crippen molar-refractivity contribution in [2.75, 3.05) is 13.6 Å². The summed E-state index contributed by atoms with van der Waals surface area (Å²) < 4.78 is 27.1. The monoisotopic (exact) mass is 221 g/mol. The van der Waals surface area contributed by atoms with Gasteiger partial charge in [-0.05, 0) is 12.8 Å². The fourth-order valence-corrected chi connectivity index (χ4v) is 2.34. The summed E-state index contributed by atoms with van der Waals surface area (Å²) in [4.78, 5) is 0. The Hall–Kier alpha value is -0.170. The molecule has 1 aliphatic carbocycles. The standard InChI is InChI=1S/C8H19N3O2S/c1-3-4-5-11(2)14(12,13)10-8-6-7(8)9/h7-8,10H,3-6,9H2,1-2H3. The maximum Gasteiger partial charge on any atom is 0.279 e. The van der Waals surface area contributed by atoms with Crippen molar-refractivity contribution in [2.24, 2.45) is 5.73 Å². The number of rotatable bonds is 6. The zero-order valence-electron chi connectivity index (χ0n) is 8.73. The van der Waals surface area contributed by atoms with Crippen LogP contribution >= 0.6 is 0 Å². The lowest BCUT2D eigenvalue weighted by molar-refractivity contribution is 0.448. The maximum absolute atomic E-state index is 11.6. The van der Waals surface area contributed by atoms with E-state index in [1.807, 2.05) is 6.92 Å². The Balaban J connectivity index is 2.39. The van der Waals surface area contributed by atoms with E-state index in [0.29, 0.717) is 6.54 Å². The van der Waals surface area contributed by atoms with Gasteiger partial charge in [-0.25, -0.2) is 0 Å². The molecular weight excluding hydrogens is 202 g/mol. The lowest BCUT2D eigenvalue weighted by Gasteiger charge is -2.16. The molecule has 1 aliphatic rings. The van der Waals surface area contributed by atoms with Crippen molar-refractivity contribution in [3.63, 3.8) is 0 Å². The van der Waals surface area contributed by atoms with Crippen LogP contribution in [0.1, 0.15) is 26.2 Å². The molecule has 0 amide bonds. The van der Waals surface area contributed by atoms with Gasteiger partial charge in [0.2, 0.25) is 0 Å². The molecule has 1 fully saturated rings. The molecule has 14 heavy (non-hydrogen) atoms. The van der Waals surface area contributed by atoms with E-state index in [0.717, 1.165) is 19.3 Å². The number of nitrogens with zero attached hydrogens (tertiary/aromatic N) is 1. The number of hydrogen-bond donors (Lipinski definition) is 2. The van der Waals surface area contributed by atoms with Crippen molar-refractivity contribution >= 4 is 10.2 Å². The van der Waals surface area contributed by atoms with Gasteiger partial charge in [-0.15, -0.1) is 0 Å². The van der Waals surface area contributed by atoms with E-state index < -0.39 is 10.2 Å². The van der Waals surface area contributed by atoms with Gasteiger partial charge in [0.15, 0.2) is 0 Å². The van der Waals surface area contributed by atoms with Gasteiger partial charge in [-0.1, -0.05) is 13.3 Å². The number of unbranched alkanes of at least 4 members (excludes halogenated alkanes) is 1. The van der Waals surface area contributed by atoms with Crippen molar-refractivity contribution in [3.05, 3.63) is 0 Å². The summed E-state index contributed by atoms with van der Waals surface area (Å²) in [5.74, 6) is 0. The normalized spacial score (nSPS) is 26.9. The third-order valence-corrected chi connectivity index (χ3v) is 3.98. The molecule has 0 heterocycles. The summed E-state index contributed by atoms with van der Waals surface area (Å²) >= 11 is 0. The van der Waals surface area contributed by atoms with Gasteiger partial charge in [-0.3, -0.25) is 0 Å². The van der Waals surface area contributed by atoms with Crippen molar-refractivity contribution in [2.45, 2.75) is 38.3 Å². The lowest BCUT2D eigenvalue weighted by Crippen LogP contribution is -2.41. The molecule has 0 aromatic carbocycles. The molecule has 0 aromatic heterocycles. The van der Waals surface area contributed by atoms with Crippen molar-refractivity contribution < 1.29 is 8.42 Å². The quantitative estimate of drug-likeness (QED) is 0.644. The highest BCUT2D eigenvalue weighted by Crippen LogP contribution is 2.19. The first-order chi connectivity index (χ1) is 6.47. The zero-order valence-corrected chi connectivity index (χ0v) is 9.55. The maximum atomic E-state index is 11.6. The predicted octanol–water partition coefficient (Wildman–Crippen LogP) is -0.348. The van der Waals surface area contributed by atoms with Crippen molar-refractivity contribution in [1.29, 1.82) is 0 Å². The molecular formula is C8H19N3O2S. The summed E-state index contributed by atoms with van der Waals surface area (Å²) in [5, 5.41) is 0. The number of hydrogen-bond acceptors (Lipinski definition) is 3. The van der Waals surface area contributed by atoms with Crippen LogP contribution in [0.5, 0.6) is 0 Å². The summed E-state index contributed by atoms with van der Waals surface area (Å²) in [6, 6.07) is -0.0478. The fraction of sp³-hybridized carbons (Fsp3) is 1.00. The fourth-order valence-electron chi connectivity index (χ4n) is 1.13. The molecule has 0 radical (unpaired) electrons. The summed E-state index contributed by atoms with van der Waals surface area (Å²) in [6.07, 6.45) is 2.62. The topological polar surface area (TPSA) is 75.4 Å². The highest BCUT2D eigenvalue weighted by molar-refractivity contribution is 7.87. The highest BCUT2D eigenvalue weighted by atomic mass is 32.2. The van der Waals surface area contributed by atoms with Crippen LogP contribution in [0.3, 0.4) is 0 Å². The Morgan fingerprint density at radius 1 is 1.57 bits per heavy atom. The minimum absolute atomic E-state index is 0.00403. The Kier molecular flexibility index (Phi) is 3.88. The largest absolute Gasteiger partial charge is 0.326 e. The van der Waals surface area contributed by atoms with Crippen LogP contribution in [0, 0.1) is 0 Å². The van der Waals surface area contributed by atoms with Crippen molar-refractivity contribution in [3.8, 4) is 0 Å². The zero-order chi connectivity index (χ0) is 10.8. The van der Waals surface area contributed by atoms with E-state index in [2.05, 4.69) is 4.72 Å². The van der Waals surface area contributed by atoms with Crippen LogP contribution in [-0.2, 0) is 10.2 Å². The first kappa shape index (κ1) is 11.9. The first-order valence-corrected chi connectivity index (χ1v) is 6.40. The smallest absolute Gasteiger partial charge is 0.279 e. The SMILES string of the molecule is CCCCN(C)S(=O)(=O)NC1CC1N. The van der Waals surface area contributed by atoms with E-state index in [1.165, 1.54) is 4.31 Å². The minimum Gasteiger partial charge on any atom is -0.326 e.